The van der Waals surface area contributed by atoms with E-state index in [0.29, 0.717) is 26.3 Å². The summed E-state index contributed by atoms with van der Waals surface area (Å²) in [5, 5.41) is 6.17. The maximum Gasteiger partial charge on any atom is 0.321 e. The Kier molecular flexibility index (Phi) is 3.73. The molecule has 2 saturated heterocycles. The average Bonchev–Trinajstić information content (AvgIpc) is 2.88. The molecule has 2 aliphatic heterocycles. The van der Waals surface area contributed by atoms with E-state index in [1.165, 1.54) is 0 Å². The summed E-state index contributed by atoms with van der Waals surface area (Å²) in [5.41, 5.74) is 1.91. The van der Waals surface area contributed by atoms with Crippen molar-refractivity contribution < 1.29 is 14.3 Å². The Morgan fingerprint density at radius 2 is 1.90 bits per heavy atom. The second-order valence-electron chi connectivity index (χ2n) is 5.79. The lowest BCUT2D eigenvalue weighted by atomic mass is 10.2. The van der Waals surface area contributed by atoms with Crippen LogP contribution in [-0.4, -0.2) is 44.2 Å². The zero-order valence-corrected chi connectivity index (χ0v) is 12.4. The molecule has 0 spiro atoms. The van der Waals surface area contributed by atoms with Crippen LogP contribution in [0.3, 0.4) is 0 Å². The van der Waals surface area contributed by atoms with E-state index < -0.39 is 5.79 Å². The summed E-state index contributed by atoms with van der Waals surface area (Å²) in [6, 6.07) is 7.94. The van der Waals surface area contributed by atoms with Crippen LogP contribution in [0.4, 0.5) is 16.2 Å². The molecule has 114 valence electrons. The molecule has 2 N–H and O–H groups in total. The highest BCUT2D eigenvalue weighted by Crippen LogP contribution is 2.22. The molecule has 2 fully saturated rings. The molecule has 1 aromatic rings. The van der Waals surface area contributed by atoms with E-state index in [2.05, 4.69) is 10.6 Å². The monoisotopic (exact) mass is 291 g/mol. The molecule has 0 unspecified atom stereocenters. The normalized spacial score (nSPS) is 22.2. The van der Waals surface area contributed by atoms with Crippen molar-refractivity contribution in [1.29, 1.82) is 0 Å². The first-order chi connectivity index (χ1) is 10.0. The maximum absolute atomic E-state index is 11.6. The number of carbonyl (C=O) groups is 1. The van der Waals surface area contributed by atoms with Crippen molar-refractivity contribution in [2.45, 2.75) is 25.7 Å². The highest BCUT2D eigenvalue weighted by atomic mass is 16.7. The van der Waals surface area contributed by atoms with E-state index in [0.717, 1.165) is 11.4 Å². The number of carbonyl (C=O) groups excluding carboxylic acids is 1. The standard InChI is InChI=1S/C15H21N3O3/c1-15(2)20-9-12(10-21-15)17-11-3-5-13(6-4-11)18-8-7-16-14(18)19/h3-6,12,17H,7-10H2,1-2H3,(H,16,19). The van der Waals surface area contributed by atoms with Gasteiger partial charge in [0.05, 0.1) is 19.3 Å². The summed E-state index contributed by atoms with van der Waals surface area (Å²) in [7, 11) is 0. The van der Waals surface area contributed by atoms with Gasteiger partial charge in [0.2, 0.25) is 0 Å². The van der Waals surface area contributed by atoms with Crippen molar-refractivity contribution in [2.75, 3.05) is 36.5 Å². The Morgan fingerprint density at radius 3 is 2.48 bits per heavy atom. The Balaban J connectivity index is 1.59. The van der Waals surface area contributed by atoms with Gasteiger partial charge in [0, 0.05) is 24.5 Å². The third-order valence-corrected chi connectivity index (χ3v) is 3.67. The summed E-state index contributed by atoms with van der Waals surface area (Å²) >= 11 is 0. The SMILES string of the molecule is CC1(C)OCC(Nc2ccc(N3CCNC3=O)cc2)CO1. The molecule has 0 aliphatic carbocycles. The van der Waals surface area contributed by atoms with Gasteiger partial charge in [-0.15, -0.1) is 0 Å². The van der Waals surface area contributed by atoms with Crippen LogP contribution >= 0.6 is 0 Å². The van der Waals surface area contributed by atoms with Gasteiger partial charge in [-0.2, -0.15) is 0 Å². The van der Waals surface area contributed by atoms with E-state index in [1.807, 2.05) is 38.1 Å². The van der Waals surface area contributed by atoms with Gasteiger partial charge in [-0.1, -0.05) is 0 Å². The average molecular weight is 291 g/mol. The molecule has 6 nitrogen and oxygen atoms in total. The van der Waals surface area contributed by atoms with Gasteiger partial charge < -0.3 is 20.1 Å². The van der Waals surface area contributed by atoms with Crippen molar-refractivity contribution in [3.63, 3.8) is 0 Å². The third-order valence-electron chi connectivity index (χ3n) is 3.67. The summed E-state index contributed by atoms with van der Waals surface area (Å²) in [6.07, 6.45) is 0. The topological polar surface area (TPSA) is 62.8 Å². The van der Waals surface area contributed by atoms with Gasteiger partial charge in [0.25, 0.3) is 0 Å². The van der Waals surface area contributed by atoms with Crippen molar-refractivity contribution in [3.8, 4) is 0 Å². The van der Waals surface area contributed by atoms with Crippen LogP contribution in [0.15, 0.2) is 24.3 Å². The highest BCUT2D eigenvalue weighted by Gasteiger charge is 2.28. The van der Waals surface area contributed by atoms with E-state index in [-0.39, 0.29) is 12.1 Å². The second kappa shape index (κ2) is 5.54. The van der Waals surface area contributed by atoms with Crippen LogP contribution in [0, 0.1) is 0 Å². The number of rotatable bonds is 3. The lowest BCUT2D eigenvalue weighted by Crippen LogP contribution is -2.45. The van der Waals surface area contributed by atoms with E-state index in [9.17, 15) is 4.79 Å². The Morgan fingerprint density at radius 1 is 1.24 bits per heavy atom. The zero-order chi connectivity index (χ0) is 14.9. The van der Waals surface area contributed by atoms with Crippen molar-refractivity contribution >= 4 is 17.4 Å². The quantitative estimate of drug-likeness (QED) is 0.891. The molecule has 6 heteroatoms. The molecule has 2 amide bonds. The molecule has 1 aromatic carbocycles. The fraction of sp³-hybridized carbons (Fsp3) is 0.533. The first kappa shape index (κ1) is 14.2. The number of hydrogen-bond donors (Lipinski definition) is 2. The highest BCUT2D eigenvalue weighted by molar-refractivity contribution is 5.94. The van der Waals surface area contributed by atoms with Crippen LogP contribution in [0.5, 0.6) is 0 Å². The molecule has 21 heavy (non-hydrogen) atoms. The van der Waals surface area contributed by atoms with Crippen molar-refractivity contribution in [2.24, 2.45) is 0 Å². The smallest absolute Gasteiger partial charge is 0.321 e. The number of benzene rings is 1. The maximum atomic E-state index is 11.6. The lowest BCUT2D eigenvalue weighted by molar-refractivity contribution is -0.247. The van der Waals surface area contributed by atoms with Gasteiger partial charge in [0.15, 0.2) is 5.79 Å². The molecule has 0 atom stereocenters. The predicted molar refractivity (Wildman–Crippen MR) is 80.6 cm³/mol. The molecule has 0 aromatic heterocycles. The Labute approximate surface area is 124 Å². The van der Waals surface area contributed by atoms with Crippen LogP contribution in [0.25, 0.3) is 0 Å². The summed E-state index contributed by atoms with van der Waals surface area (Å²) in [5.74, 6) is -0.495. The van der Waals surface area contributed by atoms with Crippen LogP contribution in [0.2, 0.25) is 0 Å². The second-order valence-corrected chi connectivity index (χ2v) is 5.79. The molecule has 2 heterocycles. The van der Waals surface area contributed by atoms with Gasteiger partial charge >= 0.3 is 6.03 Å². The number of ether oxygens (including phenoxy) is 2. The van der Waals surface area contributed by atoms with Gasteiger partial charge in [-0.3, -0.25) is 4.90 Å². The van der Waals surface area contributed by atoms with Crippen LogP contribution in [0.1, 0.15) is 13.8 Å². The van der Waals surface area contributed by atoms with Gasteiger partial charge in [-0.05, 0) is 38.1 Å². The largest absolute Gasteiger partial charge is 0.378 e. The summed E-state index contributed by atoms with van der Waals surface area (Å²) in [4.78, 5) is 13.3. The number of nitrogens with zero attached hydrogens (tertiary/aromatic N) is 1. The third kappa shape index (κ3) is 3.28. The molecule has 3 rings (SSSR count). The van der Waals surface area contributed by atoms with Crippen LogP contribution in [-0.2, 0) is 9.47 Å². The number of urea groups is 1. The Bertz CT molecular complexity index is 505. The summed E-state index contributed by atoms with van der Waals surface area (Å²) < 4.78 is 11.2. The minimum Gasteiger partial charge on any atom is -0.378 e. The van der Waals surface area contributed by atoms with Crippen molar-refractivity contribution in [1.82, 2.24) is 5.32 Å². The van der Waals surface area contributed by atoms with Gasteiger partial charge in [-0.25, -0.2) is 4.79 Å². The lowest BCUT2D eigenvalue weighted by Gasteiger charge is -2.35. The van der Waals surface area contributed by atoms with Crippen LogP contribution < -0.4 is 15.5 Å². The first-order valence-electron chi connectivity index (χ1n) is 7.23. The fourth-order valence-corrected chi connectivity index (χ4v) is 2.47. The molecule has 0 bridgehead atoms. The Hall–Kier alpha value is -1.79. The molecular formula is C15H21N3O3. The molecule has 0 saturated carbocycles. The van der Waals surface area contributed by atoms with E-state index >= 15 is 0 Å². The van der Waals surface area contributed by atoms with E-state index in [4.69, 9.17) is 9.47 Å². The first-order valence-corrected chi connectivity index (χ1v) is 7.23. The van der Waals surface area contributed by atoms with Gasteiger partial charge in [0.1, 0.15) is 0 Å². The molecular weight excluding hydrogens is 270 g/mol. The number of anilines is 2. The number of hydrogen-bond acceptors (Lipinski definition) is 4. The minimum absolute atomic E-state index is 0.0352. The molecule has 0 radical (unpaired) electrons. The van der Waals surface area contributed by atoms with Crippen molar-refractivity contribution in [3.05, 3.63) is 24.3 Å². The zero-order valence-electron chi connectivity index (χ0n) is 12.4. The van der Waals surface area contributed by atoms with E-state index in [1.54, 1.807) is 4.90 Å². The summed E-state index contributed by atoms with van der Waals surface area (Å²) in [6.45, 7) is 6.47. The number of nitrogens with one attached hydrogen (secondary N) is 2. The minimum atomic E-state index is -0.495. The molecule has 2 aliphatic rings. The fourth-order valence-electron chi connectivity index (χ4n) is 2.47. The number of amides is 2. The predicted octanol–water partition coefficient (Wildman–Crippen LogP) is 1.78.